The summed E-state index contributed by atoms with van der Waals surface area (Å²) in [4.78, 5) is 6.05. The molecule has 2 aliphatic heterocycles. The van der Waals surface area contributed by atoms with Gasteiger partial charge in [-0.05, 0) is 84.4 Å². The van der Waals surface area contributed by atoms with Crippen molar-refractivity contribution in [1.82, 2.24) is 9.88 Å². The van der Waals surface area contributed by atoms with Gasteiger partial charge < -0.3 is 19.2 Å². The first kappa shape index (κ1) is 22.5. The summed E-state index contributed by atoms with van der Waals surface area (Å²) >= 11 is 8.45. The van der Waals surface area contributed by atoms with Crippen LogP contribution in [0.1, 0.15) is 36.7 Å². The molecule has 0 radical (unpaired) electrons. The molecule has 0 aliphatic carbocycles. The topological polar surface area (TPSA) is 46.7 Å². The molecule has 170 valence electrons. The number of aromatic nitrogens is 1. The predicted octanol–water partition coefficient (Wildman–Crippen LogP) is 5.94. The van der Waals surface area contributed by atoms with Gasteiger partial charge in [-0.2, -0.15) is 0 Å². The van der Waals surface area contributed by atoms with E-state index in [0.717, 1.165) is 29.3 Å². The van der Waals surface area contributed by atoms with Crippen molar-refractivity contribution in [2.75, 3.05) is 33.4 Å². The summed E-state index contributed by atoms with van der Waals surface area (Å²) in [5.74, 6) is 0.861. The van der Waals surface area contributed by atoms with Crippen molar-refractivity contribution in [2.24, 2.45) is 5.41 Å². The van der Waals surface area contributed by atoms with Crippen LogP contribution in [0.15, 0.2) is 42.5 Å². The maximum absolute atomic E-state index is 6.27. The van der Waals surface area contributed by atoms with Crippen LogP contribution in [0.5, 0.6) is 5.75 Å². The van der Waals surface area contributed by atoms with Gasteiger partial charge in [-0.1, -0.05) is 30.7 Å². The van der Waals surface area contributed by atoms with Gasteiger partial charge in [-0.25, -0.2) is 0 Å². The van der Waals surface area contributed by atoms with E-state index in [1.165, 1.54) is 22.2 Å². The van der Waals surface area contributed by atoms with Crippen LogP contribution >= 0.6 is 34.2 Å². The smallest absolute Gasteiger partial charge is 0.218 e. The van der Waals surface area contributed by atoms with E-state index in [1.54, 1.807) is 0 Å². The molecule has 1 aromatic heterocycles. The first-order valence-corrected chi connectivity index (χ1v) is 12.4. The molecule has 32 heavy (non-hydrogen) atoms. The lowest BCUT2D eigenvalue weighted by atomic mass is 9.92. The molecule has 5 rings (SSSR count). The van der Waals surface area contributed by atoms with Gasteiger partial charge in [0.1, 0.15) is 5.75 Å². The number of alkyl halides is 1. The molecule has 1 N–H and O–H groups in total. The Morgan fingerprint density at radius 1 is 1.16 bits per heavy atom. The summed E-state index contributed by atoms with van der Waals surface area (Å²) < 4.78 is 17.2. The molecule has 1 unspecified atom stereocenters. The Balaban J connectivity index is 1.34. The summed E-state index contributed by atoms with van der Waals surface area (Å²) in [7, 11) is 2.18. The molecule has 1 saturated heterocycles. The lowest BCUT2D eigenvalue weighted by Gasteiger charge is -2.39. The third kappa shape index (κ3) is 4.40. The van der Waals surface area contributed by atoms with Gasteiger partial charge in [-0.15, -0.1) is 0 Å². The number of rotatable bonds is 4. The van der Waals surface area contributed by atoms with Crippen LogP contribution in [0.2, 0.25) is 5.02 Å². The number of likely N-dealkylation sites (N-methyl/N-ethyl adjacent to an activating group) is 1. The fourth-order valence-electron chi connectivity index (χ4n) is 4.58. The lowest BCUT2D eigenvalue weighted by molar-refractivity contribution is -0.233. The fourth-order valence-corrected chi connectivity index (χ4v) is 5.06. The highest BCUT2D eigenvalue weighted by atomic mass is 127. The van der Waals surface area contributed by atoms with Gasteiger partial charge in [0.15, 0.2) is 0 Å². The maximum Gasteiger partial charge on any atom is 0.218 e. The van der Waals surface area contributed by atoms with Crippen LogP contribution in [0.4, 0.5) is 0 Å². The van der Waals surface area contributed by atoms with Crippen molar-refractivity contribution in [3.63, 3.8) is 0 Å². The van der Waals surface area contributed by atoms with E-state index >= 15 is 0 Å². The Bertz CT molecular complexity index is 1120. The Kier molecular flexibility index (Phi) is 5.95. The quantitative estimate of drug-likeness (QED) is 0.314. The highest BCUT2D eigenvalue weighted by Gasteiger charge is 2.38. The predicted molar refractivity (Wildman–Crippen MR) is 136 cm³/mol. The number of aromatic amines is 1. The van der Waals surface area contributed by atoms with Crippen molar-refractivity contribution >= 4 is 45.1 Å². The van der Waals surface area contributed by atoms with Gasteiger partial charge >= 0.3 is 0 Å². The molecule has 1 fully saturated rings. The van der Waals surface area contributed by atoms with E-state index < -0.39 is 3.79 Å². The normalized spacial score (nSPS) is 28.6. The molecular weight excluding hydrogens is 539 g/mol. The first-order valence-electron chi connectivity index (χ1n) is 10.9. The number of halogens is 2. The minimum absolute atomic E-state index is 0.159. The number of benzene rings is 2. The standard InChI is InChI=1S/C25H28ClIN2O3/c1-24(14-31-25(2,27)32-15-24)13-30-18-7-4-16(5-8-18)23-22-19(10-11-29(23)3)20-12-17(26)6-9-21(20)28-22/h4-9,12,23,28H,10-11,13-15H2,1-3H3. The van der Waals surface area contributed by atoms with E-state index in [-0.39, 0.29) is 11.5 Å². The fraction of sp³-hybridized carbons (Fsp3) is 0.440. The molecule has 0 bridgehead atoms. The lowest BCUT2D eigenvalue weighted by Crippen LogP contribution is -2.46. The number of ether oxygens (including phenoxy) is 3. The second kappa shape index (κ2) is 8.47. The largest absolute Gasteiger partial charge is 0.493 e. The molecule has 0 amide bonds. The second-order valence-corrected chi connectivity index (χ2v) is 11.8. The monoisotopic (exact) mass is 566 g/mol. The molecule has 3 heterocycles. The van der Waals surface area contributed by atoms with E-state index in [0.29, 0.717) is 19.8 Å². The number of nitrogens with one attached hydrogen (secondary N) is 1. The Labute approximate surface area is 207 Å². The molecule has 0 saturated carbocycles. The highest BCUT2D eigenvalue weighted by molar-refractivity contribution is 14.1. The number of hydrogen-bond acceptors (Lipinski definition) is 4. The molecule has 0 spiro atoms. The zero-order chi connectivity index (χ0) is 22.5. The van der Waals surface area contributed by atoms with Gasteiger partial charge in [-0.3, -0.25) is 4.90 Å². The Morgan fingerprint density at radius 3 is 2.59 bits per heavy atom. The molecule has 1 atom stereocenters. The summed E-state index contributed by atoms with van der Waals surface area (Å²) in [5.41, 5.74) is 4.86. The summed E-state index contributed by atoms with van der Waals surface area (Å²) in [6.07, 6.45) is 1.02. The third-order valence-corrected chi connectivity index (χ3v) is 7.33. The molecular formula is C25H28ClIN2O3. The van der Waals surface area contributed by atoms with E-state index in [4.69, 9.17) is 25.8 Å². The van der Waals surface area contributed by atoms with Crippen molar-refractivity contribution < 1.29 is 14.2 Å². The van der Waals surface area contributed by atoms with Crippen molar-refractivity contribution in [2.45, 2.75) is 30.1 Å². The number of nitrogens with zero attached hydrogens (tertiary/aromatic N) is 1. The van der Waals surface area contributed by atoms with Crippen molar-refractivity contribution in [3.8, 4) is 5.75 Å². The first-order chi connectivity index (χ1) is 15.2. The molecule has 7 heteroatoms. The molecule has 5 nitrogen and oxygen atoms in total. The summed E-state index contributed by atoms with van der Waals surface area (Å²) in [6.45, 7) is 6.85. The van der Waals surface area contributed by atoms with Crippen LogP contribution in [-0.4, -0.2) is 47.1 Å². The zero-order valence-corrected chi connectivity index (χ0v) is 21.5. The van der Waals surface area contributed by atoms with Gasteiger partial charge in [0.2, 0.25) is 3.79 Å². The van der Waals surface area contributed by atoms with E-state index in [1.807, 2.05) is 13.0 Å². The van der Waals surface area contributed by atoms with Crippen molar-refractivity contribution in [1.29, 1.82) is 0 Å². The van der Waals surface area contributed by atoms with Gasteiger partial charge in [0.05, 0.1) is 25.9 Å². The third-order valence-electron chi connectivity index (χ3n) is 6.47. The van der Waals surface area contributed by atoms with Crippen LogP contribution in [0.25, 0.3) is 10.9 Å². The van der Waals surface area contributed by atoms with Crippen LogP contribution in [-0.2, 0) is 15.9 Å². The molecule has 3 aromatic rings. The molecule has 2 aliphatic rings. The Morgan fingerprint density at radius 2 is 1.88 bits per heavy atom. The van der Waals surface area contributed by atoms with Gasteiger partial charge in [0.25, 0.3) is 0 Å². The van der Waals surface area contributed by atoms with E-state index in [2.05, 4.69) is 82.8 Å². The summed E-state index contributed by atoms with van der Waals surface area (Å²) in [5, 5.41) is 2.01. The summed E-state index contributed by atoms with van der Waals surface area (Å²) in [6, 6.07) is 14.7. The van der Waals surface area contributed by atoms with E-state index in [9.17, 15) is 0 Å². The SMILES string of the molecule is CN1CCc2c([nH]c3ccc(Cl)cc23)C1c1ccc(OCC2(C)COC(C)(I)OC2)cc1. The highest BCUT2D eigenvalue weighted by Crippen LogP contribution is 2.39. The second-order valence-electron chi connectivity index (χ2n) is 9.42. The molecule has 2 aromatic carbocycles. The van der Waals surface area contributed by atoms with Crippen LogP contribution < -0.4 is 4.74 Å². The maximum atomic E-state index is 6.27. The average molecular weight is 567 g/mol. The minimum atomic E-state index is -0.544. The number of fused-ring (bicyclic) bond motifs is 3. The average Bonchev–Trinajstić information content (AvgIpc) is 3.13. The van der Waals surface area contributed by atoms with Crippen LogP contribution in [0, 0.1) is 5.41 Å². The van der Waals surface area contributed by atoms with Crippen LogP contribution in [0.3, 0.4) is 0 Å². The van der Waals surface area contributed by atoms with Crippen molar-refractivity contribution in [3.05, 3.63) is 64.3 Å². The zero-order valence-electron chi connectivity index (χ0n) is 18.6. The Hall–Kier alpha value is -1.32. The minimum Gasteiger partial charge on any atom is -0.493 e. The van der Waals surface area contributed by atoms with Gasteiger partial charge in [0, 0.05) is 33.6 Å². The number of hydrogen-bond donors (Lipinski definition) is 1. The number of H-pyrrole nitrogens is 1.